The highest BCUT2D eigenvalue weighted by Crippen LogP contribution is 2.27. The van der Waals surface area contributed by atoms with Gasteiger partial charge in [-0.25, -0.2) is 4.79 Å². The van der Waals surface area contributed by atoms with Gasteiger partial charge < -0.3 is 15.5 Å². The summed E-state index contributed by atoms with van der Waals surface area (Å²) < 4.78 is 0. The van der Waals surface area contributed by atoms with E-state index in [2.05, 4.69) is 21.6 Å². The summed E-state index contributed by atoms with van der Waals surface area (Å²) >= 11 is 6.24. The molecule has 2 fully saturated rings. The minimum absolute atomic E-state index is 0.0225. The van der Waals surface area contributed by atoms with Crippen molar-refractivity contribution in [1.82, 2.24) is 15.1 Å². The van der Waals surface area contributed by atoms with E-state index < -0.39 is 0 Å². The van der Waals surface area contributed by atoms with E-state index in [0.29, 0.717) is 24.7 Å². The van der Waals surface area contributed by atoms with Gasteiger partial charge in [0.25, 0.3) is 0 Å². The first kappa shape index (κ1) is 23.6. The fourth-order valence-corrected chi connectivity index (χ4v) is 5.07. The minimum Gasteiger partial charge on any atom is -0.354 e. The third kappa shape index (κ3) is 6.27. The Morgan fingerprint density at radius 2 is 1.85 bits per heavy atom. The van der Waals surface area contributed by atoms with Crippen molar-refractivity contribution in [3.63, 3.8) is 0 Å². The molecule has 33 heavy (non-hydrogen) atoms. The molecule has 3 amide bonds. The number of rotatable bonds is 6. The van der Waals surface area contributed by atoms with E-state index in [1.165, 1.54) is 12.8 Å². The number of urea groups is 1. The van der Waals surface area contributed by atoms with Crippen molar-refractivity contribution in [3.05, 3.63) is 64.7 Å². The fraction of sp³-hybridized carbons (Fsp3) is 0.462. The van der Waals surface area contributed by atoms with E-state index in [0.717, 1.165) is 42.7 Å². The standard InChI is InChI=1S/C26H33ClN4O2/c1-19-7-4-11-23(15-19)29-26(33)31-14-6-9-21(18-31)25(32)28-17-24(30-12-2-3-13-30)20-8-5-10-22(27)16-20/h4-5,7-8,10-11,15-16,21,24H,2-3,6,9,12-14,17-18H2,1H3,(H,28,32)(H,29,33). The number of carbonyl (C=O) groups excluding carboxylic acids is 2. The van der Waals surface area contributed by atoms with Crippen molar-refractivity contribution in [2.75, 3.05) is 38.0 Å². The molecule has 7 heteroatoms. The van der Waals surface area contributed by atoms with E-state index in [9.17, 15) is 9.59 Å². The van der Waals surface area contributed by atoms with Crippen LogP contribution in [0, 0.1) is 12.8 Å². The van der Waals surface area contributed by atoms with Crippen molar-refractivity contribution in [3.8, 4) is 0 Å². The number of halogens is 1. The van der Waals surface area contributed by atoms with E-state index in [1.807, 2.05) is 49.4 Å². The SMILES string of the molecule is Cc1cccc(NC(=O)N2CCCC(C(=O)NCC(c3cccc(Cl)c3)N3CCCC3)C2)c1. The van der Waals surface area contributed by atoms with Gasteiger partial charge in [-0.15, -0.1) is 0 Å². The topological polar surface area (TPSA) is 64.7 Å². The molecule has 2 saturated heterocycles. The van der Waals surface area contributed by atoms with Crippen LogP contribution < -0.4 is 10.6 Å². The second-order valence-corrected chi connectivity index (χ2v) is 9.58. The first-order chi connectivity index (χ1) is 16.0. The third-order valence-electron chi connectivity index (χ3n) is 6.63. The van der Waals surface area contributed by atoms with Crippen LogP contribution in [0.15, 0.2) is 48.5 Å². The van der Waals surface area contributed by atoms with Crippen LogP contribution in [0.5, 0.6) is 0 Å². The molecule has 2 unspecified atom stereocenters. The summed E-state index contributed by atoms with van der Waals surface area (Å²) in [5.74, 6) is -0.171. The van der Waals surface area contributed by atoms with E-state index in [4.69, 9.17) is 11.6 Å². The molecule has 2 heterocycles. The van der Waals surface area contributed by atoms with Crippen LogP contribution in [0.3, 0.4) is 0 Å². The van der Waals surface area contributed by atoms with E-state index in [-0.39, 0.29) is 23.9 Å². The predicted molar refractivity (Wildman–Crippen MR) is 133 cm³/mol. The van der Waals surface area contributed by atoms with Gasteiger partial charge in [-0.3, -0.25) is 9.69 Å². The second-order valence-electron chi connectivity index (χ2n) is 9.14. The van der Waals surface area contributed by atoms with E-state index >= 15 is 0 Å². The number of amides is 3. The van der Waals surface area contributed by atoms with Gasteiger partial charge in [0, 0.05) is 30.3 Å². The number of nitrogens with zero attached hydrogens (tertiary/aromatic N) is 2. The first-order valence-corrected chi connectivity index (χ1v) is 12.3. The number of nitrogens with one attached hydrogen (secondary N) is 2. The summed E-state index contributed by atoms with van der Waals surface area (Å²) in [7, 11) is 0. The summed E-state index contributed by atoms with van der Waals surface area (Å²) in [6.45, 7) is 5.71. The molecule has 0 radical (unpaired) electrons. The van der Waals surface area contributed by atoms with Crippen molar-refractivity contribution < 1.29 is 9.59 Å². The highest BCUT2D eigenvalue weighted by atomic mass is 35.5. The molecule has 0 bridgehead atoms. The monoisotopic (exact) mass is 468 g/mol. The number of hydrogen-bond donors (Lipinski definition) is 2. The van der Waals surface area contributed by atoms with Crippen molar-refractivity contribution in [2.24, 2.45) is 5.92 Å². The number of likely N-dealkylation sites (tertiary alicyclic amines) is 2. The zero-order chi connectivity index (χ0) is 23.2. The quantitative estimate of drug-likeness (QED) is 0.637. The van der Waals surface area contributed by atoms with Gasteiger partial charge in [0.1, 0.15) is 0 Å². The second kappa shape index (κ2) is 11.0. The normalized spacial score (nSPS) is 19.8. The molecule has 2 aliphatic rings. The Morgan fingerprint density at radius 3 is 2.61 bits per heavy atom. The van der Waals surface area contributed by atoms with Gasteiger partial charge in [-0.2, -0.15) is 0 Å². The highest BCUT2D eigenvalue weighted by Gasteiger charge is 2.30. The summed E-state index contributed by atoms with van der Waals surface area (Å²) in [6.07, 6.45) is 3.98. The number of anilines is 1. The first-order valence-electron chi connectivity index (χ1n) is 11.9. The summed E-state index contributed by atoms with van der Waals surface area (Å²) in [5.41, 5.74) is 3.00. The molecule has 176 valence electrons. The van der Waals surface area contributed by atoms with Crippen molar-refractivity contribution in [1.29, 1.82) is 0 Å². The van der Waals surface area contributed by atoms with Crippen molar-refractivity contribution in [2.45, 2.75) is 38.6 Å². The lowest BCUT2D eigenvalue weighted by Gasteiger charge is -2.33. The summed E-state index contributed by atoms with van der Waals surface area (Å²) in [4.78, 5) is 30.0. The lowest BCUT2D eigenvalue weighted by Crippen LogP contribution is -2.48. The number of hydrogen-bond acceptors (Lipinski definition) is 3. The molecular weight excluding hydrogens is 436 g/mol. The van der Waals surface area contributed by atoms with Gasteiger partial charge in [0.15, 0.2) is 0 Å². The van der Waals surface area contributed by atoms with Gasteiger partial charge in [-0.05, 0) is 81.1 Å². The molecule has 0 spiro atoms. The van der Waals surface area contributed by atoms with Crippen LogP contribution in [0.1, 0.15) is 42.9 Å². The smallest absolute Gasteiger partial charge is 0.321 e. The van der Waals surface area contributed by atoms with Gasteiger partial charge in [-0.1, -0.05) is 35.9 Å². The van der Waals surface area contributed by atoms with Crippen LogP contribution in [-0.2, 0) is 4.79 Å². The maximum atomic E-state index is 13.1. The van der Waals surface area contributed by atoms with Gasteiger partial charge in [0.05, 0.1) is 12.0 Å². The molecule has 0 aromatic heterocycles. The van der Waals surface area contributed by atoms with Crippen LogP contribution >= 0.6 is 11.6 Å². The van der Waals surface area contributed by atoms with Gasteiger partial charge >= 0.3 is 6.03 Å². The van der Waals surface area contributed by atoms with Crippen LogP contribution in [0.2, 0.25) is 5.02 Å². The number of carbonyl (C=O) groups is 2. The van der Waals surface area contributed by atoms with Crippen LogP contribution in [0.25, 0.3) is 0 Å². The Kier molecular flexibility index (Phi) is 7.89. The Bertz CT molecular complexity index is 976. The Hall–Kier alpha value is -2.57. The lowest BCUT2D eigenvalue weighted by atomic mass is 9.97. The molecule has 4 rings (SSSR count). The van der Waals surface area contributed by atoms with Crippen LogP contribution in [-0.4, -0.2) is 54.5 Å². The molecule has 2 aromatic rings. The Balaban J connectivity index is 1.35. The maximum absolute atomic E-state index is 13.1. The third-order valence-corrected chi connectivity index (χ3v) is 6.87. The minimum atomic E-state index is -0.194. The zero-order valence-electron chi connectivity index (χ0n) is 19.2. The molecule has 2 atom stereocenters. The van der Waals surface area contributed by atoms with Crippen molar-refractivity contribution >= 4 is 29.2 Å². The number of aryl methyl sites for hydroxylation is 1. The molecule has 6 nitrogen and oxygen atoms in total. The Labute approximate surface area is 201 Å². The zero-order valence-corrected chi connectivity index (χ0v) is 20.0. The largest absolute Gasteiger partial charge is 0.354 e. The van der Waals surface area contributed by atoms with E-state index in [1.54, 1.807) is 4.90 Å². The molecule has 2 aromatic carbocycles. The fourth-order valence-electron chi connectivity index (χ4n) is 4.87. The molecule has 0 saturated carbocycles. The summed E-state index contributed by atoms with van der Waals surface area (Å²) in [5, 5.41) is 6.86. The summed E-state index contributed by atoms with van der Waals surface area (Å²) in [6, 6.07) is 15.6. The average Bonchev–Trinajstić information content (AvgIpc) is 3.34. The number of piperidine rings is 1. The Morgan fingerprint density at radius 1 is 1.06 bits per heavy atom. The van der Waals surface area contributed by atoms with Gasteiger partial charge in [0.2, 0.25) is 5.91 Å². The molecule has 0 aliphatic carbocycles. The average molecular weight is 469 g/mol. The molecule has 2 N–H and O–H groups in total. The van der Waals surface area contributed by atoms with Crippen LogP contribution in [0.4, 0.5) is 10.5 Å². The maximum Gasteiger partial charge on any atom is 0.321 e. The molecule has 2 aliphatic heterocycles. The number of benzene rings is 2. The highest BCUT2D eigenvalue weighted by molar-refractivity contribution is 6.30. The predicted octanol–water partition coefficient (Wildman–Crippen LogP) is 4.85. The molecular formula is C26H33ClN4O2. The lowest BCUT2D eigenvalue weighted by molar-refractivity contribution is -0.126.